The summed E-state index contributed by atoms with van der Waals surface area (Å²) in [5, 5.41) is 21.6. The number of nitrogens with zero attached hydrogens (tertiary/aromatic N) is 6. The van der Waals surface area contributed by atoms with Crippen LogP contribution in [-0.2, 0) is 13.1 Å². The van der Waals surface area contributed by atoms with E-state index < -0.39 is 0 Å². The lowest BCUT2D eigenvalue weighted by molar-refractivity contribution is 0.271. The third-order valence-corrected chi connectivity index (χ3v) is 3.15. The molecule has 8 heteroatoms. The maximum atomic E-state index is 9.03. The Morgan fingerprint density at radius 2 is 2.24 bits per heavy atom. The lowest BCUT2D eigenvalue weighted by Gasteiger charge is -2.14. The molecular formula is C13H17N7O. The summed E-state index contributed by atoms with van der Waals surface area (Å²) in [6.07, 6.45) is 6.90. The van der Waals surface area contributed by atoms with Crippen molar-refractivity contribution in [3.05, 3.63) is 31.0 Å². The van der Waals surface area contributed by atoms with Crippen molar-refractivity contribution < 1.29 is 5.11 Å². The van der Waals surface area contributed by atoms with E-state index in [0.29, 0.717) is 12.2 Å². The molecule has 0 aliphatic heterocycles. The van der Waals surface area contributed by atoms with Crippen LogP contribution in [0.4, 0.5) is 5.82 Å². The second-order valence-corrected chi connectivity index (χ2v) is 4.82. The molecule has 0 unspecified atom stereocenters. The Balaban J connectivity index is 1.80. The smallest absolute Gasteiger partial charge is 0.163 e. The van der Waals surface area contributed by atoms with E-state index in [-0.39, 0.29) is 12.6 Å². The zero-order chi connectivity index (χ0) is 14.7. The first-order valence-corrected chi connectivity index (χ1v) is 6.79. The fourth-order valence-corrected chi connectivity index (χ4v) is 2.23. The highest BCUT2D eigenvalue weighted by Gasteiger charge is 2.11. The Hall–Kier alpha value is -2.48. The maximum Gasteiger partial charge on any atom is 0.163 e. The molecule has 110 valence electrons. The first-order chi connectivity index (χ1) is 10.3. The summed E-state index contributed by atoms with van der Waals surface area (Å²) in [4.78, 5) is 8.51. The van der Waals surface area contributed by atoms with Gasteiger partial charge in [-0.2, -0.15) is 10.2 Å². The van der Waals surface area contributed by atoms with Crippen LogP contribution < -0.4 is 5.32 Å². The Morgan fingerprint density at radius 1 is 1.33 bits per heavy atom. The molecule has 3 aromatic heterocycles. The van der Waals surface area contributed by atoms with Crippen molar-refractivity contribution >= 4 is 16.9 Å². The lowest BCUT2D eigenvalue weighted by Crippen LogP contribution is -2.23. The van der Waals surface area contributed by atoms with Gasteiger partial charge in [-0.1, -0.05) is 0 Å². The third-order valence-electron chi connectivity index (χ3n) is 3.15. The van der Waals surface area contributed by atoms with Gasteiger partial charge in [-0.25, -0.2) is 14.6 Å². The van der Waals surface area contributed by atoms with Gasteiger partial charge >= 0.3 is 0 Å². The average molecular weight is 287 g/mol. The molecule has 0 aliphatic carbocycles. The molecule has 0 aromatic carbocycles. The maximum absolute atomic E-state index is 9.03. The van der Waals surface area contributed by atoms with Crippen LogP contribution in [0.25, 0.3) is 11.0 Å². The Morgan fingerprint density at radius 3 is 3.00 bits per heavy atom. The number of aromatic nitrogens is 6. The number of nitrogens with one attached hydrogen (secondary N) is 1. The molecule has 8 nitrogen and oxygen atoms in total. The summed E-state index contributed by atoms with van der Waals surface area (Å²) in [7, 11) is 0. The van der Waals surface area contributed by atoms with Gasteiger partial charge in [-0.05, 0) is 13.0 Å². The fourth-order valence-electron chi connectivity index (χ4n) is 2.23. The van der Waals surface area contributed by atoms with E-state index in [1.54, 1.807) is 17.1 Å². The van der Waals surface area contributed by atoms with Crippen molar-refractivity contribution in [1.29, 1.82) is 0 Å². The van der Waals surface area contributed by atoms with E-state index in [9.17, 15) is 0 Å². The molecule has 0 fully saturated rings. The fraction of sp³-hybridized carbons (Fsp3) is 0.385. The first-order valence-electron chi connectivity index (χ1n) is 6.79. The van der Waals surface area contributed by atoms with Gasteiger partial charge in [0.25, 0.3) is 0 Å². The van der Waals surface area contributed by atoms with Gasteiger partial charge in [-0.15, -0.1) is 0 Å². The zero-order valence-electron chi connectivity index (χ0n) is 11.7. The van der Waals surface area contributed by atoms with Crippen molar-refractivity contribution in [3.8, 4) is 0 Å². The number of hydrogen-bond donors (Lipinski definition) is 2. The molecule has 21 heavy (non-hydrogen) atoms. The standard InChI is InChI=1S/C13H17N7O/c1-10(8-19-4-2-3-16-19)18-12-11-7-17-20(5-6-21)13(11)15-9-14-12/h2-4,7,9-10,21H,5-6,8H2,1H3,(H,14,15,18)/t10-/m0/s1. The van der Waals surface area contributed by atoms with Crippen LogP contribution in [-0.4, -0.2) is 47.3 Å². The normalized spacial score (nSPS) is 12.7. The SMILES string of the molecule is C[C@@H](Cn1cccn1)Nc1ncnc2c1cnn2CCO. The lowest BCUT2D eigenvalue weighted by atomic mass is 10.3. The summed E-state index contributed by atoms with van der Waals surface area (Å²) >= 11 is 0. The molecule has 0 radical (unpaired) electrons. The third kappa shape index (κ3) is 2.84. The minimum absolute atomic E-state index is 0.0270. The number of aliphatic hydroxyl groups excluding tert-OH is 1. The summed E-state index contributed by atoms with van der Waals surface area (Å²) in [5.41, 5.74) is 0.716. The van der Waals surface area contributed by atoms with Gasteiger partial charge in [-0.3, -0.25) is 4.68 Å². The summed E-state index contributed by atoms with van der Waals surface area (Å²) in [6.45, 7) is 3.25. The molecule has 1 atom stereocenters. The molecular weight excluding hydrogens is 270 g/mol. The summed E-state index contributed by atoms with van der Waals surface area (Å²) < 4.78 is 3.53. The molecule has 3 aromatic rings. The van der Waals surface area contributed by atoms with Gasteiger partial charge in [0.15, 0.2) is 5.65 Å². The second-order valence-electron chi connectivity index (χ2n) is 4.82. The van der Waals surface area contributed by atoms with Gasteiger partial charge in [0.1, 0.15) is 12.1 Å². The highest BCUT2D eigenvalue weighted by atomic mass is 16.3. The van der Waals surface area contributed by atoms with Crippen molar-refractivity contribution in [3.63, 3.8) is 0 Å². The molecule has 0 amide bonds. The van der Waals surface area contributed by atoms with E-state index in [2.05, 4.69) is 32.4 Å². The van der Waals surface area contributed by atoms with Crippen LogP contribution >= 0.6 is 0 Å². The minimum Gasteiger partial charge on any atom is -0.394 e. The molecule has 0 spiro atoms. The van der Waals surface area contributed by atoms with Crippen LogP contribution in [0.5, 0.6) is 0 Å². The molecule has 3 rings (SSSR count). The molecule has 0 aliphatic rings. The van der Waals surface area contributed by atoms with E-state index >= 15 is 0 Å². The number of rotatable bonds is 6. The monoisotopic (exact) mass is 287 g/mol. The molecule has 0 bridgehead atoms. The van der Waals surface area contributed by atoms with Crippen molar-refractivity contribution in [1.82, 2.24) is 29.5 Å². The average Bonchev–Trinajstić information content (AvgIpc) is 3.10. The largest absolute Gasteiger partial charge is 0.394 e. The van der Waals surface area contributed by atoms with E-state index in [1.807, 2.05) is 16.9 Å². The van der Waals surface area contributed by atoms with Crippen LogP contribution in [0.1, 0.15) is 6.92 Å². The van der Waals surface area contributed by atoms with E-state index in [1.165, 1.54) is 6.33 Å². The highest BCUT2D eigenvalue weighted by molar-refractivity contribution is 5.86. The van der Waals surface area contributed by atoms with Crippen LogP contribution in [0.2, 0.25) is 0 Å². The zero-order valence-corrected chi connectivity index (χ0v) is 11.7. The van der Waals surface area contributed by atoms with Gasteiger partial charge in [0.05, 0.1) is 31.3 Å². The Kier molecular flexibility index (Phi) is 3.78. The Labute approximate surface area is 121 Å². The van der Waals surface area contributed by atoms with Gasteiger partial charge in [0.2, 0.25) is 0 Å². The van der Waals surface area contributed by atoms with Crippen molar-refractivity contribution in [2.45, 2.75) is 26.1 Å². The van der Waals surface area contributed by atoms with E-state index in [0.717, 1.165) is 17.7 Å². The second kappa shape index (κ2) is 5.88. The predicted octanol–water partition coefficient (Wildman–Crippen LogP) is 0.516. The number of aliphatic hydroxyl groups is 1. The topological polar surface area (TPSA) is 93.7 Å². The van der Waals surface area contributed by atoms with Gasteiger partial charge in [0, 0.05) is 18.4 Å². The van der Waals surface area contributed by atoms with Crippen molar-refractivity contribution in [2.75, 3.05) is 11.9 Å². The summed E-state index contributed by atoms with van der Waals surface area (Å²) in [6, 6.07) is 2.05. The minimum atomic E-state index is 0.0270. The summed E-state index contributed by atoms with van der Waals surface area (Å²) in [5.74, 6) is 0.740. The van der Waals surface area contributed by atoms with Crippen molar-refractivity contribution in [2.24, 2.45) is 0 Å². The molecule has 0 saturated carbocycles. The molecule has 0 saturated heterocycles. The van der Waals surface area contributed by atoms with Gasteiger partial charge < -0.3 is 10.4 Å². The van der Waals surface area contributed by atoms with E-state index in [4.69, 9.17) is 5.11 Å². The molecule has 3 heterocycles. The predicted molar refractivity (Wildman–Crippen MR) is 77.7 cm³/mol. The number of anilines is 1. The Bertz CT molecular complexity index is 706. The highest BCUT2D eigenvalue weighted by Crippen LogP contribution is 2.19. The number of fused-ring (bicyclic) bond motifs is 1. The van der Waals surface area contributed by atoms with Crippen LogP contribution in [0, 0.1) is 0 Å². The number of hydrogen-bond acceptors (Lipinski definition) is 6. The van der Waals surface area contributed by atoms with Crippen LogP contribution in [0.15, 0.2) is 31.0 Å². The quantitative estimate of drug-likeness (QED) is 0.686. The first kappa shape index (κ1) is 13.5. The molecule has 2 N–H and O–H groups in total. The van der Waals surface area contributed by atoms with Crippen LogP contribution in [0.3, 0.4) is 0 Å².